The molecular weight excluding hydrogens is 398 g/mol. The molecule has 152 valence electrons. The molecule has 0 unspecified atom stereocenters. The molecule has 0 atom stereocenters. The van der Waals surface area contributed by atoms with Crippen molar-refractivity contribution in [1.29, 1.82) is 0 Å². The zero-order chi connectivity index (χ0) is 21.5. The largest absolute Gasteiger partial charge is 0.366 e. The molecule has 4 aromatic rings. The van der Waals surface area contributed by atoms with E-state index in [4.69, 9.17) is 11.5 Å². The quantitative estimate of drug-likeness (QED) is 0.459. The van der Waals surface area contributed by atoms with Gasteiger partial charge < -0.3 is 16.5 Å². The number of primary amides is 1. The number of fused-ring (bicyclic) bond motifs is 1. The van der Waals surface area contributed by atoms with Crippen LogP contribution in [0.3, 0.4) is 0 Å². The van der Waals surface area contributed by atoms with Crippen molar-refractivity contribution >= 4 is 26.6 Å². The third kappa shape index (κ3) is 3.38. The number of benzene rings is 3. The Morgan fingerprint density at radius 1 is 0.933 bits per heavy atom. The molecule has 4 rings (SSSR count). The minimum absolute atomic E-state index is 0.209. The molecule has 7 heteroatoms. The smallest absolute Gasteiger partial charge is 0.250 e. The third-order valence-corrected chi connectivity index (χ3v) is 6.32. The van der Waals surface area contributed by atoms with Gasteiger partial charge in [0.1, 0.15) is 0 Å². The lowest BCUT2D eigenvalue weighted by Gasteiger charge is -2.10. The molecule has 0 aliphatic rings. The van der Waals surface area contributed by atoms with Gasteiger partial charge in [-0.1, -0.05) is 48.5 Å². The zero-order valence-electron chi connectivity index (χ0n) is 16.3. The highest BCUT2D eigenvalue weighted by Crippen LogP contribution is 2.37. The number of aromatic nitrogens is 1. The van der Waals surface area contributed by atoms with Gasteiger partial charge in [0.2, 0.25) is 0 Å². The van der Waals surface area contributed by atoms with E-state index in [1.807, 2.05) is 36.4 Å². The number of sulfone groups is 1. The molecular formula is C23H21N3O3S. The molecule has 0 spiro atoms. The minimum atomic E-state index is -3.45. The van der Waals surface area contributed by atoms with Gasteiger partial charge in [0, 0.05) is 29.4 Å². The molecule has 0 fully saturated rings. The Kier molecular flexibility index (Phi) is 4.93. The summed E-state index contributed by atoms with van der Waals surface area (Å²) in [6, 6.07) is 19.9. The molecule has 0 aliphatic carbocycles. The Labute approximate surface area is 174 Å². The van der Waals surface area contributed by atoms with E-state index in [9.17, 15) is 13.2 Å². The van der Waals surface area contributed by atoms with E-state index in [1.54, 1.807) is 30.3 Å². The molecule has 0 aliphatic heterocycles. The number of rotatable bonds is 5. The van der Waals surface area contributed by atoms with Gasteiger partial charge in [0.05, 0.1) is 16.0 Å². The number of nitrogens with two attached hydrogens (primary N) is 2. The normalized spacial score (nSPS) is 11.7. The van der Waals surface area contributed by atoms with Crippen LogP contribution in [0, 0.1) is 0 Å². The number of hydrogen-bond donors (Lipinski definition) is 3. The van der Waals surface area contributed by atoms with Crippen LogP contribution < -0.4 is 11.5 Å². The van der Waals surface area contributed by atoms with E-state index >= 15 is 0 Å². The second-order valence-electron chi connectivity index (χ2n) is 7.13. The van der Waals surface area contributed by atoms with Crippen molar-refractivity contribution in [1.82, 2.24) is 4.98 Å². The van der Waals surface area contributed by atoms with Gasteiger partial charge in [0.25, 0.3) is 5.91 Å². The van der Waals surface area contributed by atoms with Crippen molar-refractivity contribution in [3.05, 3.63) is 77.9 Å². The lowest BCUT2D eigenvalue weighted by Crippen LogP contribution is -2.11. The Morgan fingerprint density at radius 2 is 1.60 bits per heavy atom. The zero-order valence-corrected chi connectivity index (χ0v) is 17.2. The SMILES string of the molecule is CS(=O)(=O)c1ccccc1-c1cc2c(-c3ccccc3CN)ccc(C(N)=O)c2[nH]1. The van der Waals surface area contributed by atoms with E-state index < -0.39 is 15.7 Å². The summed E-state index contributed by atoms with van der Waals surface area (Å²) in [5, 5.41) is 0.769. The number of hydrogen-bond acceptors (Lipinski definition) is 4. The van der Waals surface area contributed by atoms with Crippen LogP contribution in [0.25, 0.3) is 33.3 Å². The molecule has 1 amide bonds. The maximum atomic E-state index is 12.3. The topological polar surface area (TPSA) is 119 Å². The second-order valence-corrected chi connectivity index (χ2v) is 9.11. The van der Waals surface area contributed by atoms with E-state index in [-0.39, 0.29) is 4.90 Å². The van der Waals surface area contributed by atoms with Crippen molar-refractivity contribution in [2.24, 2.45) is 11.5 Å². The van der Waals surface area contributed by atoms with Crippen molar-refractivity contribution in [3.63, 3.8) is 0 Å². The lowest BCUT2D eigenvalue weighted by atomic mass is 9.95. The molecule has 0 saturated heterocycles. The number of nitrogens with one attached hydrogen (secondary N) is 1. The van der Waals surface area contributed by atoms with Crippen LogP contribution in [0.5, 0.6) is 0 Å². The average molecular weight is 420 g/mol. The summed E-state index contributed by atoms with van der Waals surface area (Å²) in [5.74, 6) is -0.566. The fourth-order valence-corrected chi connectivity index (χ4v) is 4.68. The summed E-state index contributed by atoms with van der Waals surface area (Å²) in [6.07, 6.45) is 1.17. The van der Waals surface area contributed by atoms with Gasteiger partial charge in [-0.25, -0.2) is 8.42 Å². The molecule has 30 heavy (non-hydrogen) atoms. The van der Waals surface area contributed by atoms with Gasteiger partial charge in [-0.3, -0.25) is 4.79 Å². The standard InChI is InChI=1S/C23H21N3O3S/c1-30(28,29)21-9-5-4-8-17(21)20-12-19-16(15-7-3-2-6-14(15)13-24)10-11-18(23(25)27)22(19)26-20/h2-12,26H,13,24H2,1H3,(H2,25,27). The van der Waals surface area contributed by atoms with Crippen LogP contribution in [-0.2, 0) is 16.4 Å². The van der Waals surface area contributed by atoms with Crippen LogP contribution in [0.15, 0.2) is 71.6 Å². The molecule has 6 nitrogen and oxygen atoms in total. The Hall–Kier alpha value is -3.42. The summed E-state index contributed by atoms with van der Waals surface area (Å²) >= 11 is 0. The van der Waals surface area contributed by atoms with Crippen molar-refractivity contribution in [2.45, 2.75) is 11.4 Å². The van der Waals surface area contributed by atoms with Crippen molar-refractivity contribution in [2.75, 3.05) is 6.26 Å². The minimum Gasteiger partial charge on any atom is -0.366 e. The summed E-state index contributed by atoms with van der Waals surface area (Å²) in [6.45, 7) is 0.365. The van der Waals surface area contributed by atoms with Gasteiger partial charge in [0.15, 0.2) is 9.84 Å². The van der Waals surface area contributed by atoms with Gasteiger partial charge in [-0.05, 0) is 34.9 Å². The van der Waals surface area contributed by atoms with Crippen LogP contribution in [0.1, 0.15) is 15.9 Å². The third-order valence-electron chi connectivity index (χ3n) is 5.16. The van der Waals surface area contributed by atoms with Crippen molar-refractivity contribution < 1.29 is 13.2 Å². The van der Waals surface area contributed by atoms with E-state index in [1.165, 1.54) is 6.26 Å². The number of H-pyrrole nitrogens is 1. The van der Waals surface area contributed by atoms with Crippen LogP contribution in [0.4, 0.5) is 0 Å². The lowest BCUT2D eigenvalue weighted by molar-refractivity contribution is 0.100. The Morgan fingerprint density at radius 3 is 2.27 bits per heavy atom. The van der Waals surface area contributed by atoms with Gasteiger partial charge in [-0.15, -0.1) is 0 Å². The van der Waals surface area contributed by atoms with Crippen molar-refractivity contribution in [3.8, 4) is 22.4 Å². The molecule has 3 aromatic carbocycles. The summed E-state index contributed by atoms with van der Waals surface area (Å²) < 4.78 is 24.6. The summed E-state index contributed by atoms with van der Waals surface area (Å²) in [5.41, 5.74) is 16.3. The molecule has 1 heterocycles. The maximum absolute atomic E-state index is 12.3. The number of carbonyl (C=O) groups is 1. The summed E-state index contributed by atoms with van der Waals surface area (Å²) in [4.78, 5) is 15.5. The van der Waals surface area contributed by atoms with E-state index in [0.717, 1.165) is 22.1 Å². The van der Waals surface area contributed by atoms with Crippen LogP contribution in [-0.4, -0.2) is 25.6 Å². The van der Waals surface area contributed by atoms with E-state index in [0.29, 0.717) is 28.9 Å². The van der Waals surface area contributed by atoms with Gasteiger partial charge >= 0.3 is 0 Å². The molecule has 5 N–H and O–H groups in total. The Balaban J connectivity index is 2.06. The fraction of sp³-hybridized carbons (Fsp3) is 0.0870. The number of carbonyl (C=O) groups excluding carboxylic acids is 1. The Bertz CT molecular complexity index is 1390. The maximum Gasteiger partial charge on any atom is 0.250 e. The molecule has 1 aromatic heterocycles. The predicted octanol–water partition coefficient (Wildman–Crippen LogP) is 3.46. The first-order chi connectivity index (χ1) is 14.3. The first kappa shape index (κ1) is 19.9. The molecule has 0 bridgehead atoms. The van der Waals surface area contributed by atoms with Gasteiger partial charge in [-0.2, -0.15) is 0 Å². The highest BCUT2D eigenvalue weighted by atomic mass is 32.2. The second kappa shape index (κ2) is 7.44. The summed E-state index contributed by atoms with van der Waals surface area (Å²) in [7, 11) is -3.45. The fourth-order valence-electron chi connectivity index (χ4n) is 3.78. The highest BCUT2D eigenvalue weighted by molar-refractivity contribution is 7.90. The van der Waals surface area contributed by atoms with E-state index in [2.05, 4.69) is 4.98 Å². The van der Waals surface area contributed by atoms with Crippen LogP contribution in [0.2, 0.25) is 0 Å². The van der Waals surface area contributed by atoms with Crippen LogP contribution >= 0.6 is 0 Å². The first-order valence-corrected chi connectivity index (χ1v) is 11.2. The molecule has 0 radical (unpaired) electrons. The molecule has 0 saturated carbocycles. The average Bonchev–Trinajstić information content (AvgIpc) is 3.17. The monoisotopic (exact) mass is 419 g/mol. The first-order valence-electron chi connectivity index (χ1n) is 9.34. The number of amides is 1. The predicted molar refractivity (Wildman–Crippen MR) is 119 cm³/mol. The number of aromatic amines is 1. The highest BCUT2D eigenvalue weighted by Gasteiger charge is 2.19.